The van der Waals surface area contributed by atoms with E-state index in [9.17, 15) is 0 Å². The first kappa shape index (κ1) is 20.1. The smallest absolute Gasteiger partial charge is 0.231 e. The third kappa shape index (κ3) is 3.47. The summed E-state index contributed by atoms with van der Waals surface area (Å²) in [6.07, 6.45) is 11.9. The summed E-state index contributed by atoms with van der Waals surface area (Å²) < 4.78 is 6.16. The maximum absolute atomic E-state index is 6.16. The van der Waals surface area contributed by atoms with Crippen molar-refractivity contribution in [2.75, 3.05) is 13.1 Å². The highest BCUT2D eigenvalue weighted by Crippen LogP contribution is 2.48. The highest BCUT2D eigenvalue weighted by atomic mass is 16.4. The summed E-state index contributed by atoms with van der Waals surface area (Å²) in [5.74, 6) is 4.07. The van der Waals surface area contributed by atoms with Crippen molar-refractivity contribution in [3.8, 4) is 0 Å². The van der Waals surface area contributed by atoms with Crippen LogP contribution >= 0.6 is 0 Å². The van der Waals surface area contributed by atoms with E-state index in [-0.39, 0.29) is 0 Å². The van der Waals surface area contributed by atoms with E-state index in [1.165, 1.54) is 44.2 Å². The first-order valence-corrected chi connectivity index (χ1v) is 12.2. The van der Waals surface area contributed by atoms with Crippen LogP contribution in [-0.2, 0) is 5.41 Å². The van der Waals surface area contributed by atoms with Crippen molar-refractivity contribution in [3.63, 3.8) is 0 Å². The Labute approximate surface area is 190 Å². The van der Waals surface area contributed by atoms with Crippen molar-refractivity contribution in [1.29, 1.82) is 0 Å². The van der Waals surface area contributed by atoms with Gasteiger partial charge in [-0.25, -0.2) is 0 Å². The van der Waals surface area contributed by atoms with Crippen LogP contribution in [0.1, 0.15) is 61.4 Å². The molecule has 2 saturated heterocycles. The molecular formula is C27H32N4O. The Hall–Kier alpha value is -2.53. The van der Waals surface area contributed by atoms with Crippen LogP contribution in [-0.4, -0.2) is 39.2 Å². The lowest BCUT2D eigenvalue weighted by molar-refractivity contribution is 0.121. The molecule has 166 valence electrons. The molecular weight excluding hydrogens is 396 g/mol. The molecule has 0 N–H and O–H groups in total. The zero-order valence-electron chi connectivity index (χ0n) is 18.9. The van der Waals surface area contributed by atoms with Crippen molar-refractivity contribution >= 4 is 0 Å². The molecule has 7 rings (SSSR count). The van der Waals surface area contributed by atoms with Gasteiger partial charge >= 0.3 is 0 Å². The molecule has 32 heavy (non-hydrogen) atoms. The number of pyridine rings is 1. The van der Waals surface area contributed by atoms with Crippen molar-refractivity contribution < 1.29 is 4.42 Å². The van der Waals surface area contributed by atoms with Gasteiger partial charge in [0.25, 0.3) is 0 Å². The Morgan fingerprint density at radius 2 is 1.66 bits per heavy atom. The molecule has 2 aliphatic carbocycles. The predicted octanol–water partition coefficient (Wildman–Crippen LogP) is 5.01. The monoisotopic (exact) mass is 428 g/mol. The van der Waals surface area contributed by atoms with E-state index in [0.717, 1.165) is 42.3 Å². The Morgan fingerprint density at radius 3 is 2.34 bits per heavy atom. The third-order valence-corrected chi connectivity index (χ3v) is 8.31. The summed E-state index contributed by atoms with van der Waals surface area (Å²) >= 11 is 0. The Balaban J connectivity index is 1.40. The van der Waals surface area contributed by atoms with Crippen LogP contribution in [0, 0.1) is 24.7 Å². The number of fused-ring (bicyclic) bond motifs is 1. The van der Waals surface area contributed by atoms with Gasteiger partial charge in [0, 0.05) is 38.4 Å². The molecule has 2 aliphatic heterocycles. The number of aromatic nitrogens is 3. The number of rotatable bonds is 6. The van der Waals surface area contributed by atoms with E-state index in [1.54, 1.807) is 0 Å². The van der Waals surface area contributed by atoms with Gasteiger partial charge in [-0.3, -0.25) is 4.98 Å². The molecule has 3 atom stereocenters. The summed E-state index contributed by atoms with van der Waals surface area (Å²) in [7, 11) is 0. The first-order chi connectivity index (χ1) is 15.7. The second-order valence-corrected chi connectivity index (χ2v) is 10.3. The van der Waals surface area contributed by atoms with Gasteiger partial charge in [-0.1, -0.05) is 36.4 Å². The van der Waals surface area contributed by atoms with E-state index in [2.05, 4.69) is 56.5 Å². The summed E-state index contributed by atoms with van der Waals surface area (Å²) in [6.45, 7) is 4.16. The molecule has 0 spiro atoms. The van der Waals surface area contributed by atoms with E-state index < -0.39 is 5.41 Å². The molecule has 0 radical (unpaired) electrons. The van der Waals surface area contributed by atoms with Crippen molar-refractivity contribution in [2.24, 2.45) is 17.8 Å². The molecule has 0 amide bonds. The van der Waals surface area contributed by atoms with Gasteiger partial charge in [-0.05, 0) is 73.5 Å². The van der Waals surface area contributed by atoms with Gasteiger partial charge in [0.2, 0.25) is 11.8 Å². The lowest BCUT2D eigenvalue weighted by Gasteiger charge is -2.40. The summed E-state index contributed by atoms with van der Waals surface area (Å²) in [4.78, 5) is 7.29. The van der Waals surface area contributed by atoms with Crippen molar-refractivity contribution in [3.05, 3.63) is 77.8 Å². The molecule has 2 saturated carbocycles. The molecule has 3 aromatic rings. The maximum Gasteiger partial charge on any atom is 0.231 e. The van der Waals surface area contributed by atoms with Gasteiger partial charge < -0.3 is 9.32 Å². The van der Waals surface area contributed by atoms with Gasteiger partial charge in [-0.2, -0.15) is 0 Å². The summed E-state index contributed by atoms with van der Waals surface area (Å²) in [5, 5.41) is 8.81. The second-order valence-electron chi connectivity index (χ2n) is 10.3. The zero-order chi connectivity index (χ0) is 21.5. The SMILES string of the molecule is Cc1nnc(C(CCN2CC3CC4CC(C3)CC2C4)(c2ccccc2)c2cccnc2)o1. The molecule has 3 unspecified atom stereocenters. The number of hydrogen-bond acceptors (Lipinski definition) is 5. The van der Waals surface area contributed by atoms with E-state index in [4.69, 9.17) is 4.42 Å². The van der Waals surface area contributed by atoms with Crippen LogP contribution in [0.25, 0.3) is 0 Å². The lowest BCUT2D eigenvalue weighted by Crippen LogP contribution is -2.42. The molecule has 4 bridgehead atoms. The summed E-state index contributed by atoms with van der Waals surface area (Å²) in [6, 6.07) is 15.6. The van der Waals surface area contributed by atoms with Crippen LogP contribution in [0.4, 0.5) is 0 Å². The molecule has 2 aromatic heterocycles. The molecule has 1 aromatic carbocycles. The number of aryl methyl sites for hydroxylation is 1. The molecule has 4 heterocycles. The fourth-order valence-electron chi connectivity index (χ4n) is 7.08. The minimum absolute atomic E-state index is 0.500. The Morgan fingerprint density at radius 1 is 0.906 bits per heavy atom. The van der Waals surface area contributed by atoms with Gasteiger partial charge in [0.15, 0.2) is 0 Å². The fourth-order valence-corrected chi connectivity index (χ4v) is 7.08. The zero-order valence-corrected chi connectivity index (χ0v) is 18.9. The molecule has 4 aliphatic rings. The van der Waals surface area contributed by atoms with Gasteiger partial charge in [0.05, 0.1) is 0 Å². The van der Waals surface area contributed by atoms with E-state index >= 15 is 0 Å². The molecule has 5 nitrogen and oxygen atoms in total. The molecule has 5 heteroatoms. The van der Waals surface area contributed by atoms with Crippen LogP contribution < -0.4 is 0 Å². The number of nitrogens with zero attached hydrogens (tertiary/aromatic N) is 4. The Bertz CT molecular complexity index is 996. The normalized spacial score (nSPS) is 29.0. The molecule has 4 fully saturated rings. The maximum atomic E-state index is 6.16. The van der Waals surface area contributed by atoms with Crippen LogP contribution in [0.5, 0.6) is 0 Å². The first-order valence-electron chi connectivity index (χ1n) is 12.2. The minimum Gasteiger partial charge on any atom is -0.424 e. The topological polar surface area (TPSA) is 55.1 Å². The van der Waals surface area contributed by atoms with Gasteiger partial charge in [-0.15, -0.1) is 10.2 Å². The Kier molecular flexibility index (Phi) is 5.09. The predicted molar refractivity (Wildman–Crippen MR) is 123 cm³/mol. The van der Waals surface area contributed by atoms with E-state index in [1.807, 2.05) is 25.4 Å². The fraction of sp³-hybridized carbons (Fsp3) is 0.519. The standard InChI is InChI=1S/C27H32N4O/c1-19-29-30-26(32-19)27(23-6-3-2-4-7-23,24-8-5-10-28-17-24)9-11-31-18-22-13-20-12-21(14-22)16-25(31)15-20/h2-8,10,17,20-22,25H,9,11-16,18H2,1H3. The van der Waals surface area contributed by atoms with Crippen molar-refractivity contribution in [2.45, 2.75) is 56.9 Å². The quantitative estimate of drug-likeness (QED) is 0.552. The van der Waals surface area contributed by atoms with Crippen LogP contribution in [0.2, 0.25) is 0 Å². The second kappa shape index (κ2) is 8.11. The lowest BCUT2D eigenvalue weighted by atomic mass is 9.68. The highest BCUT2D eigenvalue weighted by Gasteiger charge is 2.45. The summed E-state index contributed by atoms with van der Waals surface area (Å²) in [5.41, 5.74) is 1.81. The minimum atomic E-state index is -0.500. The third-order valence-electron chi connectivity index (χ3n) is 8.31. The number of benzene rings is 1. The largest absolute Gasteiger partial charge is 0.424 e. The van der Waals surface area contributed by atoms with E-state index in [0.29, 0.717) is 11.8 Å². The average molecular weight is 429 g/mol. The number of hydrogen-bond donors (Lipinski definition) is 0. The highest BCUT2D eigenvalue weighted by molar-refractivity contribution is 5.44. The van der Waals surface area contributed by atoms with Crippen LogP contribution in [0.15, 0.2) is 59.3 Å². The van der Waals surface area contributed by atoms with Crippen molar-refractivity contribution in [1.82, 2.24) is 20.1 Å². The van der Waals surface area contributed by atoms with Gasteiger partial charge in [0.1, 0.15) is 5.41 Å². The van der Waals surface area contributed by atoms with Crippen LogP contribution in [0.3, 0.4) is 0 Å². The average Bonchev–Trinajstić information content (AvgIpc) is 3.16.